The fourth-order valence-corrected chi connectivity index (χ4v) is 3.74. The van der Waals surface area contributed by atoms with Gasteiger partial charge in [-0.1, -0.05) is 23.9 Å². The molecule has 8 nitrogen and oxygen atoms in total. The third kappa shape index (κ3) is 4.91. The summed E-state index contributed by atoms with van der Waals surface area (Å²) in [6, 6.07) is 4.74. The molecule has 0 atom stereocenters. The van der Waals surface area contributed by atoms with Crippen LogP contribution in [0, 0.1) is 6.92 Å². The summed E-state index contributed by atoms with van der Waals surface area (Å²) in [6.45, 7) is 5.90. The van der Waals surface area contributed by atoms with E-state index in [1.165, 1.54) is 24.9 Å². The van der Waals surface area contributed by atoms with Crippen LogP contribution in [0.15, 0.2) is 47.2 Å². The van der Waals surface area contributed by atoms with Crippen LogP contribution >= 0.6 is 11.8 Å². The number of amides is 1. The highest BCUT2D eigenvalue weighted by Crippen LogP contribution is 2.21. The van der Waals surface area contributed by atoms with E-state index in [0.717, 1.165) is 0 Å². The van der Waals surface area contributed by atoms with Crippen molar-refractivity contribution in [1.29, 1.82) is 0 Å². The van der Waals surface area contributed by atoms with Gasteiger partial charge in [0.15, 0.2) is 5.16 Å². The molecule has 0 saturated heterocycles. The van der Waals surface area contributed by atoms with Crippen LogP contribution in [0.1, 0.15) is 5.56 Å². The average Bonchev–Trinajstić information content (AvgIpc) is 3.02. The van der Waals surface area contributed by atoms with Gasteiger partial charge in [-0.25, -0.2) is 13.1 Å². The topological polar surface area (TPSA) is 106 Å². The summed E-state index contributed by atoms with van der Waals surface area (Å²) in [6.07, 6.45) is 3.28. The summed E-state index contributed by atoms with van der Waals surface area (Å²) in [5.74, 6) is -0.146. The van der Waals surface area contributed by atoms with Gasteiger partial charge in [-0.05, 0) is 31.7 Å². The predicted molar refractivity (Wildman–Crippen MR) is 97.0 cm³/mol. The minimum atomic E-state index is -3.58. The number of sulfonamides is 1. The van der Waals surface area contributed by atoms with Crippen LogP contribution in [-0.2, 0) is 21.4 Å². The standard InChI is InChI=1S/C15H19N5O3S2/c1-4-7-20-10-17-19-15(20)24-9-14(21)18-12-6-5-11(2)13(8-12)25(22,23)16-3/h4-6,8,10,16H,1,7,9H2,2-3H3,(H,18,21). The van der Waals surface area contributed by atoms with Crippen LogP contribution in [0.4, 0.5) is 5.69 Å². The van der Waals surface area contributed by atoms with E-state index in [4.69, 9.17) is 0 Å². The molecule has 0 bridgehead atoms. The van der Waals surface area contributed by atoms with Gasteiger partial charge in [-0.3, -0.25) is 4.79 Å². The monoisotopic (exact) mass is 381 g/mol. The van der Waals surface area contributed by atoms with Crippen LogP contribution < -0.4 is 10.0 Å². The minimum absolute atomic E-state index is 0.123. The molecule has 134 valence electrons. The lowest BCUT2D eigenvalue weighted by Crippen LogP contribution is -2.20. The molecule has 0 aliphatic heterocycles. The van der Waals surface area contributed by atoms with E-state index in [-0.39, 0.29) is 16.6 Å². The maximum Gasteiger partial charge on any atom is 0.240 e. The summed E-state index contributed by atoms with van der Waals surface area (Å²) in [4.78, 5) is 12.2. The quantitative estimate of drug-likeness (QED) is 0.529. The van der Waals surface area contributed by atoms with Gasteiger partial charge in [-0.15, -0.1) is 16.8 Å². The Morgan fingerprint density at radius 1 is 1.44 bits per heavy atom. The lowest BCUT2D eigenvalue weighted by Gasteiger charge is -2.10. The van der Waals surface area contributed by atoms with Crippen LogP contribution in [0.5, 0.6) is 0 Å². The van der Waals surface area contributed by atoms with Crippen molar-refractivity contribution >= 4 is 33.4 Å². The van der Waals surface area contributed by atoms with E-state index in [2.05, 4.69) is 26.8 Å². The van der Waals surface area contributed by atoms with Gasteiger partial charge in [-0.2, -0.15) is 0 Å². The number of carbonyl (C=O) groups excluding carboxylic acids is 1. The van der Waals surface area contributed by atoms with Crippen molar-refractivity contribution in [2.45, 2.75) is 23.5 Å². The van der Waals surface area contributed by atoms with E-state index in [1.54, 1.807) is 36.0 Å². The molecule has 0 aliphatic carbocycles. The third-order valence-corrected chi connectivity index (χ3v) is 5.81. The first kappa shape index (κ1) is 19.2. The molecule has 1 amide bonds. The first-order valence-corrected chi connectivity index (χ1v) is 9.80. The summed E-state index contributed by atoms with van der Waals surface area (Å²) in [5.41, 5.74) is 1.01. The van der Waals surface area contributed by atoms with E-state index < -0.39 is 10.0 Å². The largest absolute Gasteiger partial charge is 0.325 e. The second-order valence-electron chi connectivity index (χ2n) is 5.08. The number of anilines is 1. The number of carbonyl (C=O) groups is 1. The average molecular weight is 381 g/mol. The van der Waals surface area contributed by atoms with E-state index in [9.17, 15) is 13.2 Å². The molecule has 0 aliphatic rings. The first-order valence-electron chi connectivity index (χ1n) is 7.33. The molecule has 0 saturated carbocycles. The van der Waals surface area contributed by atoms with Crippen molar-refractivity contribution in [3.63, 3.8) is 0 Å². The Morgan fingerprint density at radius 3 is 2.88 bits per heavy atom. The van der Waals surface area contributed by atoms with Gasteiger partial charge in [0.05, 0.1) is 10.6 Å². The second-order valence-corrected chi connectivity index (χ2v) is 7.88. The number of rotatable bonds is 8. The number of thioether (sulfide) groups is 1. The fraction of sp³-hybridized carbons (Fsp3) is 0.267. The van der Waals surface area contributed by atoms with Crippen LogP contribution in [0.2, 0.25) is 0 Å². The number of nitrogens with zero attached hydrogens (tertiary/aromatic N) is 3. The second kappa shape index (κ2) is 8.28. The Morgan fingerprint density at radius 2 is 2.20 bits per heavy atom. The molecule has 0 radical (unpaired) electrons. The Kier molecular flexibility index (Phi) is 6.34. The third-order valence-electron chi connectivity index (χ3n) is 3.27. The van der Waals surface area contributed by atoms with Gasteiger partial charge in [0.25, 0.3) is 0 Å². The lowest BCUT2D eigenvalue weighted by molar-refractivity contribution is -0.113. The van der Waals surface area contributed by atoms with Crippen molar-refractivity contribution in [3.05, 3.63) is 42.7 Å². The Balaban J connectivity index is 2.04. The van der Waals surface area contributed by atoms with Crippen molar-refractivity contribution < 1.29 is 13.2 Å². The summed E-state index contributed by atoms with van der Waals surface area (Å²) in [5, 5.41) is 11.0. The zero-order valence-electron chi connectivity index (χ0n) is 13.9. The normalized spacial score (nSPS) is 11.3. The Hall–Kier alpha value is -2.17. The maximum absolute atomic E-state index is 12.1. The number of aromatic nitrogens is 3. The van der Waals surface area contributed by atoms with Crippen molar-refractivity contribution in [3.8, 4) is 0 Å². The first-order chi connectivity index (χ1) is 11.9. The minimum Gasteiger partial charge on any atom is -0.325 e. The predicted octanol–water partition coefficient (Wildman–Crippen LogP) is 1.41. The van der Waals surface area contributed by atoms with Crippen molar-refractivity contribution in [2.75, 3.05) is 18.1 Å². The highest BCUT2D eigenvalue weighted by molar-refractivity contribution is 7.99. The molecule has 1 aromatic heterocycles. The summed E-state index contributed by atoms with van der Waals surface area (Å²) in [7, 11) is -2.24. The molecule has 1 heterocycles. The molecule has 0 unspecified atom stereocenters. The van der Waals surface area contributed by atoms with Gasteiger partial charge in [0.1, 0.15) is 6.33 Å². The van der Waals surface area contributed by atoms with Gasteiger partial charge in [0.2, 0.25) is 15.9 Å². The number of nitrogens with one attached hydrogen (secondary N) is 2. The van der Waals surface area contributed by atoms with E-state index in [0.29, 0.717) is 23.0 Å². The number of hydrogen-bond acceptors (Lipinski definition) is 6. The van der Waals surface area contributed by atoms with Gasteiger partial charge < -0.3 is 9.88 Å². The van der Waals surface area contributed by atoms with Gasteiger partial charge in [0, 0.05) is 12.2 Å². The smallest absolute Gasteiger partial charge is 0.240 e. The Bertz CT molecular complexity index is 877. The lowest BCUT2D eigenvalue weighted by atomic mass is 10.2. The SMILES string of the molecule is C=CCn1cnnc1SCC(=O)Nc1ccc(C)c(S(=O)(=O)NC)c1. The molecular formula is C15H19N5O3S2. The highest BCUT2D eigenvalue weighted by atomic mass is 32.2. The fourth-order valence-electron chi connectivity index (χ4n) is 2.02. The van der Waals surface area contributed by atoms with E-state index >= 15 is 0 Å². The summed E-state index contributed by atoms with van der Waals surface area (Å²) >= 11 is 1.24. The zero-order valence-corrected chi connectivity index (χ0v) is 15.5. The molecule has 2 aromatic rings. The molecule has 0 fully saturated rings. The number of benzene rings is 1. The van der Waals surface area contributed by atoms with Crippen LogP contribution in [-0.4, -0.2) is 41.9 Å². The molecule has 2 N–H and O–H groups in total. The summed E-state index contributed by atoms with van der Waals surface area (Å²) < 4.78 is 28.0. The van der Waals surface area contributed by atoms with Crippen LogP contribution in [0.3, 0.4) is 0 Å². The highest BCUT2D eigenvalue weighted by Gasteiger charge is 2.16. The van der Waals surface area contributed by atoms with Crippen LogP contribution in [0.25, 0.3) is 0 Å². The molecule has 2 rings (SSSR count). The zero-order chi connectivity index (χ0) is 18.4. The number of aryl methyl sites for hydroxylation is 1. The molecular weight excluding hydrogens is 362 g/mol. The van der Waals surface area contributed by atoms with Gasteiger partial charge >= 0.3 is 0 Å². The molecule has 25 heavy (non-hydrogen) atoms. The number of allylic oxidation sites excluding steroid dienone is 1. The number of hydrogen-bond donors (Lipinski definition) is 2. The van der Waals surface area contributed by atoms with Crippen molar-refractivity contribution in [1.82, 2.24) is 19.5 Å². The Labute approximate surface area is 150 Å². The molecule has 1 aromatic carbocycles. The van der Waals surface area contributed by atoms with E-state index in [1.807, 2.05) is 0 Å². The molecule has 0 spiro atoms. The van der Waals surface area contributed by atoms with Crippen molar-refractivity contribution in [2.24, 2.45) is 0 Å². The maximum atomic E-state index is 12.1. The molecule has 10 heteroatoms.